The lowest BCUT2D eigenvalue weighted by atomic mass is 10.0. The molecule has 0 saturated heterocycles. The summed E-state index contributed by atoms with van der Waals surface area (Å²) < 4.78 is 5.68. The second-order valence-corrected chi connectivity index (χ2v) is 5.54. The Balaban J connectivity index is 1.76. The normalized spacial score (nSPS) is 10.9. The van der Waals surface area contributed by atoms with Gasteiger partial charge in [-0.1, -0.05) is 6.07 Å². The number of furan rings is 1. The highest BCUT2D eigenvalue weighted by atomic mass is 16.6. The van der Waals surface area contributed by atoms with E-state index in [4.69, 9.17) is 9.52 Å². The number of hydrazone groups is 1. The standard InChI is InChI=1S/C18H14N4O5/c1-11-9-12(18(23)24)4-6-14(11)16-7-5-13(27-16)10-20-21-17-15(22(25)26)3-2-8-19-17/h2-10H,1H3,(H,19,21)(H,23,24)/b20-10+. The number of aromatic nitrogens is 1. The second-order valence-electron chi connectivity index (χ2n) is 5.54. The van der Waals surface area contributed by atoms with Gasteiger partial charge in [0.05, 0.1) is 16.7 Å². The number of carboxylic acid groups (broad SMARTS) is 1. The highest BCUT2D eigenvalue weighted by molar-refractivity contribution is 5.89. The van der Waals surface area contributed by atoms with Crippen molar-refractivity contribution < 1.29 is 19.2 Å². The minimum absolute atomic E-state index is 0.0191. The molecule has 9 heteroatoms. The van der Waals surface area contributed by atoms with E-state index in [1.165, 1.54) is 30.6 Å². The van der Waals surface area contributed by atoms with Crippen LogP contribution < -0.4 is 5.43 Å². The number of carbonyl (C=O) groups is 1. The molecule has 2 aromatic heterocycles. The fraction of sp³-hybridized carbons (Fsp3) is 0.0556. The summed E-state index contributed by atoms with van der Waals surface area (Å²) >= 11 is 0. The van der Waals surface area contributed by atoms with Crippen LogP contribution in [0.4, 0.5) is 11.5 Å². The van der Waals surface area contributed by atoms with Crippen molar-refractivity contribution in [1.29, 1.82) is 0 Å². The molecule has 3 rings (SSSR count). The number of rotatable bonds is 6. The summed E-state index contributed by atoms with van der Waals surface area (Å²) in [6.45, 7) is 1.79. The van der Waals surface area contributed by atoms with Gasteiger partial charge in [0.1, 0.15) is 11.5 Å². The van der Waals surface area contributed by atoms with Gasteiger partial charge < -0.3 is 9.52 Å². The van der Waals surface area contributed by atoms with Gasteiger partial charge in [-0.3, -0.25) is 15.5 Å². The number of nitrogens with one attached hydrogen (secondary N) is 1. The Hall–Kier alpha value is -4.01. The van der Waals surface area contributed by atoms with Gasteiger partial charge in [0.25, 0.3) is 0 Å². The molecule has 0 aliphatic rings. The Kier molecular flexibility index (Phi) is 4.93. The van der Waals surface area contributed by atoms with E-state index >= 15 is 0 Å². The van der Waals surface area contributed by atoms with Crippen molar-refractivity contribution in [2.75, 3.05) is 5.43 Å². The third kappa shape index (κ3) is 3.98. The maximum absolute atomic E-state index is 11.0. The first-order valence-electron chi connectivity index (χ1n) is 7.78. The van der Waals surface area contributed by atoms with Gasteiger partial charge in [-0.2, -0.15) is 5.10 Å². The first-order valence-corrected chi connectivity index (χ1v) is 7.78. The molecular weight excluding hydrogens is 352 g/mol. The van der Waals surface area contributed by atoms with E-state index in [2.05, 4.69) is 15.5 Å². The van der Waals surface area contributed by atoms with Gasteiger partial charge >= 0.3 is 11.7 Å². The zero-order chi connectivity index (χ0) is 19.4. The van der Waals surface area contributed by atoms with Gasteiger partial charge in [-0.25, -0.2) is 9.78 Å². The van der Waals surface area contributed by atoms with Crippen LogP contribution >= 0.6 is 0 Å². The zero-order valence-electron chi connectivity index (χ0n) is 14.1. The maximum Gasteiger partial charge on any atom is 0.335 e. The molecule has 9 nitrogen and oxygen atoms in total. The zero-order valence-corrected chi connectivity index (χ0v) is 14.1. The van der Waals surface area contributed by atoms with Crippen LogP contribution in [0.5, 0.6) is 0 Å². The average Bonchev–Trinajstić information content (AvgIpc) is 3.10. The highest BCUT2D eigenvalue weighted by Crippen LogP contribution is 2.26. The molecule has 0 fully saturated rings. The van der Waals surface area contributed by atoms with Crippen molar-refractivity contribution in [3.63, 3.8) is 0 Å². The smallest absolute Gasteiger partial charge is 0.335 e. The number of anilines is 1. The molecule has 3 aromatic rings. The predicted molar refractivity (Wildman–Crippen MR) is 97.9 cm³/mol. The van der Waals surface area contributed by atoms with E-state index in [-0.39, 0.29) is 17.1 Å². The van der Waals surface area contributed by atoms with Crippen LogP contribution in [0.15, 0.2) is 58.2 Å². The Morgan fingerprint density at radius 2 is 2.15 bits per heavy atom. The SMILES string of the molecule is Cc1cc(C(=O)O)ccc1-c1ccc(/C=N/Nc2ncccc2[N+](=O)[O-])o1. The average molecular weight is 366 g/mol. The second kappa shape index (κ2) is 7.48. The summed E-state index contributed by atoms with van der Waals surface area (Å²) in [5.41, 5.74) is 4.04. The van der Waals surface area contributed by atoms with Crippen LogP contribution in [0.1, 0.15) is 21.7 Å². The van der Waals surface area contributed by atoms with Crippen LogP contribution in [-0.4, -0.2) is 27.2 Å². The van der Waals surface area contributed by atoms with Gasteiger partial charge in [0, 0.05) is 17.8 Å². The molecule has 0 aliphatic heterocycles. The molecule has 0 unspecified atom stereocenters. The number of nitrogens with zero attached hydrogens (tertiary/aromatic N) is 3. The molecule has 0 spiro atoms. The minimum Gasteiger partial charge on any atom is -0.478 e. The minimum atomic E-state index is -0.994. The number of hydrogen-bond donors (Lipinski definition) is 2. The van der Waals surface area contributed by atoms with Gasteiger partial charge in [-0.05, 0) is 42.8 Å². The number of benzene rings is 1. The monoisotopic (exact) mass is 366 g/mol. The number of carboxylic acids is 1. The predicted octanol–water partition coefficient (Wildman–Crippen LogP) is 3.70. The summed E-state index contributed by atoms with van der Waals surface area (Å²) in [6.07, 6.45) is 2.78. The fourth-order valence-corrected chi connectivity index (χ4v) is 2.43. The van der Waals surface area contributed by atoms with Crippen LogP contribution in [0, 0.1) is 17.0 Å². The lowest BCUT2D eigenvalue weighted by Crippen LogP contribution is -1.98. The van der Waals surface area contributed by atoms with E-state index in [1.54, 1.807) is 31.2 Å². The van der Waals surface area contributed by atoms with Gasteiger partial charge in [0.2, 0.25) is 5.82 Å². The summed E-state index contributed by atoms with van der Waals surface area (Å²) in [5, 5.41) is 23.9. The number of pyridine rings is 1. The summed E-state index contributed by atoms with van der Waals surface area (Å²) in [7, 11) is 0. The van der Waals surface area contributed by atoms with E-state index in [9.17, 15) is 14.9 Å². The molecule has 2 heterocycles. The van der Waals surface area contributed by atoms with Crippen LogP contribution in [0.2, 0.25) is 0 Å². The van der Waals surface area contributed by atoms with Gasteiger partial charge in [-0.15, -0.1) is 0 Å². The molecule has 0 saturated carbocycles. The quantitative estimate of drug-likeness (QED) is 0.386. The molecule has 1 aromatic carbocycles. The van der Waals surface area contributed by atoms with Crippen molar-refractivity contribution in [3.8, 4) is 11.3 Å². The molecule has 0 radical (unpaired) electrons. The summed E-state index contributed by atoms with van der Waals surface area (Å²) in [6, 6.07) is 10.9. The van der Waals surface area contributed by atoms with E-state index in [0.29, 0.717) is 11.5 Å². The highest BCUT2D eigenvalue weighted by Gasteiger charge is 2.13. The lowest BCUT2D eigenvalue weighted by Gasteiger charge is -2.03. The summed E-state index contributed by atoms with van der Waals surface area (Å²) in [4.78, 5) is 25.3. The Morgan fingerprint density at radius 3 is 2.85 bits per heavy atom. The molecule has 0 aliphatic carbocycles. The van der Waals surface area contributed by atoms with Gasteiger partial charge in [0.15, 0.2) is 0 Å². The molecular formula is C18H14N4O5. The molecule has 136 valence electrons. The number of nitro groups is 1. The lowest BCUT2D eigenvalue weighted by molar-refractivity contribution is -0.384. The van der Waals surface area contributed by atoms with Crippen molar-refractivity contribution in [2.45, 2.75) is 6.92 Å². The summed E-state index contributed by atoms with van der Waals surface area (Å²) in [5.74, 6) is -0.00950. The van der Waals surface area contributed by atoms with E-state index in [1.807, 2.05) is 0 Å². The van der Waals surface area contributed by atoms with E-state index in [0.717, 1.165) is 11.1 Å². The number of hydrogen-bond acceptors (Lipinski definition) is 7. The van der Waals surface area contributed by atoms with E-state index < -0.39 is 10.9 Å². The molecule has 2 N–H and O–H groups in total. The van der Waals surface area contributed by atoms with Crippen LogP contribution in [-0.2, 0) is 0 Å². The third-order valence-electron chi connectivity index (χ3n) is 3.71. The molecule has 0 atom stereocenters. The first-order chi connectivity index (χ1) is 13.0. The third-order valence-corrected chi connectivity index (χ3v) is 3.71. The molecule has 0 bridgehead atoms. The van der Waals surface area contributed by atoms with Crippen molar-refractivity contribution >= 4 is 23.7 Å². The van der Waals surface area contributed by atoms with Crippen LogP contribution in [0.3, 0.4) is 0 Å². The first kappa shape index (κ1) is 17.8. The fourth-order valence-electron chi connectivity index (χ4n) is 2.43. The topological polar surface area (TPSA) is 131 Å². The van der Waals surface area contributed by atoms with Crippen LogP contribution in [0.25, 0.3) is 11.3 Å². The largest absolute Gasteiger partial charge is 0.478 e. The number of aromatic carboxylic acids is 1. The number of aryl methyl sites for hydroxylation is 1. The Labute approximate surface area is 153 Å². The molecule has 27 heavy (non-hydrogen) atoms. The van der Waals surface area contributed by atoms with Crippen molar-refractivity contribution in [2.24, 2.45) is 5.10 Å². The maximum atomic E-state index is 11.0. The van der Waals surface area contributed by atoms with Crippen molar-refractivity contribution in [3.05, 3.63) is 75.7 Å². The Bertz CT molecular complexity index is 1040. The Morgan fingerprint density at radius 1 is 1.33 bits per heavy atom. The van der Waals surface area contributed by atoms with Crippen molar-refractivity contribution in [1.82, 2.24) is 4.98 Å². The molecule has 0 amide bonds.